The van der Waals surface area contributed by atoms with Gasteiger partial charge < -0.3 is 9.64 Å². The van der Waals surface area contributed by atoms with Crippen molar-refractivity contribution in [2.45, 2.75) is 37.7 Å². The number of allylic oxidation sites excluding steroid dienone is 3. The number of benzene rings is 4. The molecule has 0 N–H and O–H groups in total. The normalized spacial score (nSPS) is 17.2. The Morgan fingerprint density at radius 2 is 1.55 bits per heavy atom. The standard InChI is InChI=1S/C36H29N3O/c1-38-34(26-37)29-24-32(40-36(25-29)22-7-8-23-36)21-18-27-16-19-31(20-17-27)39(30-12-3-2-4-13-30)35-15-9-11-28-10-5-6-14-33(28)35/h2-6,9-21,24H,7-8,22-23,25H2/b21-18+,34-29+. The van der Waals surface area contributed by atoms with Gasteiger partial charge >= 0.3 is 0 Å². The van der Waals surface area contributed by atoms with E-state index in [0.29, 0.717) is 12.2 Å². The molecule has 0 bridgehead atoms. The van der Waals surface area contributed by atoms with Crippen molar-refractivity contribution in [3.8, 4) is 6.07 Å². The van der Waals surface area contributed by atoms with Crippen LogP contribution in [0, 0.1) is 17.9 Å². The van der Waals surface area contributed by atoms with E-state index < -0.39 is 0 Å². The molecule has 2 aliphatic rings. The summed E-state index contributed by atoms with van der Waals surface area (Å²) in [4.78, 5) is 5.76. The van der Waals surface area contributed by atoms with Crippen LogP contribution >= 0.6 is 0 Å². The summed E-state index contributed by atoms with van der Waals surface area (Å²) in [6, 6.07) is 35.9. The molecule has 0 saturated heterocycles. The van der Waals surface area contributed by atoms with Crippen molar-refractivity contribution < 1.29 is 4.74 Å². The molecule has 1 saturated carbocycles. The van der Waals surface area contributed by atoms with E-state index in [9.17, 15) is 5.26 Å². The summed E-state index contributed by atoms with van der Waals surface area (Å²) in [6.45, 7) is 7.43. The van der Waals surface area contributed by atoms with Gasteiger partial charge in [-0.15, -0.1) is 0 Å². The van der Waals surface area contributed by atoms with Crippen LogP contribution in [-0.2, 0) is 4.74 Å². The molecule has 40 heavy (non-hydrogen) atoms. The summed E-state index contributed by atoms with van der Waals surface area (Å²) in [6.07, 6.45) is 10.6. The Morgan fingerprint density at radius 3 is 2.30 bits per heavy atom. The maximum absolute atomic E-state index is 9.48. The largest absolute Gasteiger partial charge is 0.487 e. The van der Waals surface area contributed by atoms with Crippen LogP contribution in [0.4, 0.5) is 17.1 Å². The highest BCUT2D eigenvalue weighted by Crippen LogP contribution is 2.44. The lowest BCUT2D eigenvalue weighted by Crippen LogP contribution is -2.31. The van der Waals surface area contributed by atoms with Gasteiger partial charge in [-0.2, -0.15) is 0 Å². The minimum absolute atomic E-state index is 0.166. The predicted octanol–water partition coefficient (Wildman–Crippen LogP) is 9.64. The second-order valence-electron chi connectivity index (χ2n) is 10.4. The summed E-state index contributed by atoms with van der Waals surface area (Å²) in [5, 5.41) is 11.9. The van der Waals surface area contributed by atoms with E-state index in [1.165, 1.54) is 10.8 Å². The molecule has 1 aliphatic carbocycles. The first-order valence-corrected chi connectivity index (χ1v) is 13.7. The molecule has 4 aromatic rings. The quantitative estimate of drug-likeness (QED) is 0.195. The second-order valence-corrected chi connectivity index (χ2v) is 10.4. The van der Waals surface area contributed by atoms with Gasteiger partial charge in [-0.25, -0.2) is 10.1 Å². The number of para-hydroxylation sites is 1. The van der Waals surface area contributed by atoms with Gasteiger partial charge in [0, 0.05) is 23.2 Å². The van der Waals surface area contributed by atoms with E-state index >= 15 is 0 Å². The summed E-state index contributed by atoms with van der Waals surface area (Å²) < 4.78 is 6.46. The third kappa shape index (κ3) is 5.00. The van der Waals surface area contributed by atoms with Gasteiger partial charge in [0.1, 0.15) is 11.4 Å². The van der Waals surface area contributed by atoms with Gasteiger partial charge in [0.05, 0.1) is 18.3 Å². The monoisotopic (exact) mass is 519 g/mol. The fourth-order valence-corrected chi connectivity index (χ4v) is 5.91. The molecule has 1 aliphatic heterocycles. The fraction of sp³-hybridized carbons (Fsp3) is 0.167. The van der Waals surface area contributed by atoms with E-state index in [2.05, 4.69) is 107 Å². The molecular weight excluding hydrogens is 490 g/mol. The molecule has 1 fully saturated rings. The van der Waals surface area contributed by atoms with Crippen LogP contribution in [0.1, 0.15) is 37.7 Å². The zero-order chi connectivity index (χ0) is 27.4. The van der Waals surface area contributed by atoms with E-state index in [1.807, 2.05) is 24.3 Å². The van der Waals surface area contributed by atoms with Crippen LogP contribution in [0.5, 0.6) is 0 Å². The van der Waals surface area contributed by atoms with Crippen molar-refractivity contribution in [3.63, 3.8) is 0 Å². The molecule has 6 rings (SSSR count). The van der Waals surface area contributed by atoms with Crippen LogP contribution in [-0.4, -0.2) is 5.60 Å². The van der Waals surface area contributed by atoms with Gasteiger partial charge in [0.2, 0.25) is 0 Å². The molecule has 1 heterocycles. The number of anilines is 3. The van der Waals surface area contributed by atoms with Crippen molar-refractivity contribution in [1.82, 2.24) is 0 Å². The average Bonchev–Trinajstić information content (AvgIpc) is 3.45. The van der Waals surface area contributed by atoms with Gasteiger partial charge in [0.25, 0.3) is 5.70 Å². The SMILES string of the molecule is [C-]#[N+]/C(C#N)=C1C=C(/C=C/c2ccc(N(c3ccccc3)c3cccc4ccccc34)cc2)OC2(CCCC2)C\1. The number of fused-ring (bicyclic) bond motifs is 1. The topological polar surface area (TPSA) is 40.6 Å². The van der Waals surface area contributed by atoms with E-state index in [4.69, 9.17) is 11.3 Å². The number of hydrogen-bond donors (Lipinski definition) is 0. The summed E-state index contributed by atoms with van der Waals surface area (Å²) >= 11 is 0. The molecule has 0 unspecified atom stereocenters. The van der Waals surface area contributed by atoms with Crippen molar-refractivity contribution in [2.75, 3.05) is 4.90 Å². The fourth-order valence-electron chi connectivity index (χ4n) is 5.91. The summed E-state index contributed by atoms with van der Waals surface area (Å²) in [7, 11) is 0. The Labute approximate surface area is 235 Å². The summed E-state index contributed by atoms with van der Waals surface area (Å²) in [5.74, 6) is 0.713. The molecule has 4 aromatic carbocycles. The molecule has 0 atom stereocenters. The zero-order valence-corrected chi connectivity index (χ0v) is 22.3. The Morgan fingerprint density at radius 1 is 0.850 bits per heavy atom. The Kier molecular flexibility index (Phi) is 6.92. The van der Waals surface area contributed by atoms with Crippen molar-refractivity contribution >= 4 is 33.9 Å². The minimum atomic E-state index is -0.297. The number of ether oxygens (including phenoxy) is 1. The number of nitrogens with zero attached hydrogens (tertiary/aromatic N) is 3. The highest BCUT2D eigenvalue weighted by atomic mass is 16.5. The Bertz CT molecular complexity index is 1690. The average molecular weight is 520 g/mol. The first kappa shape index (κ1) is 25.2. The van der Waals surface area contributed by atoms with E-state index in [0.717, 1.165) is 53.9 Å². The minimum Gasteiger partial charge on any atom is -0.487 e. The second kappa shape index (κ2) is 11.0. The number of rotatable bonds is 5. The van der Waals surface area contributed by atoms with Gasteiger partial charge in [-0.3, -0.25) is 0 Å². The maximum Gasteiger partial charge on any atom is 0.265 e. The van der Waals surface area contributed by atoms with Crippen LogP contribution in [0.15, 0.2) is 126 Å². The van der Waals surface area contributed by atoms with Crippen molar-refractivity contribution in [2.24, 2.45) is 0 Å². The molecule has 0 radical (unpaired) electrons. The third-order valence-corrected chi connectivity index (χ3v) is 7.81. The molecule has 194 valence electrons. The first-order chi connectivity index (χ1) is 19.7. The van der Waals surface area contributed by atoms with Crippen molar-refractivity contribution in [3.05, 3.63) is 143 Å². The highest BCUT2D eigenvalue weighted by molar-refractivity contribution is 5.98. The third-order valence-electron chi connectivity index (χ3n) is 7.81. The van der Waals surface area contributed by atoms with Gasteiger partial charge in [-0.05, 0) is 84.7 Å². The van der Waals surface area contributed by atoms with Crippen molar-refractivity contribution in [1.29, 1.82) is 5.26 Å². The van der Waals surface area contributed by atoms with Crippen LogP contribution in [0.3, 0.4) is 0 Å². The molecule has 4 heteroatoms. The highest BCUT2D eigenvalue weighted by Gasteiger charge is 2.39. The van der Waals surface area contributed by atoms with Crippen LogP contribution in [0.2, 0.25) is 0 Å². The molecule has 0 aromatic heterocycles. The first-order valence-electron chi connectivity index (χ1n) is 13.7. The number of nitriles is 1. The van der Waals surface area contributed by atoms with E-state index in [-0.39, 0.29) is 11.3 Å². The lowest BCUT2D eigenvalue weighted by molar-refractivity contribution is 0.00776. The van der Waals surface area contributed by atoms with Gasteiger partial charge in [0.15, 0.2) is 0 Å². The predicted molar refractivity (Wildman–Crippen MR) is 162 cm³/mol. The summed E-state index contributed by atoms with van der Waals surface area (Å²) in [5.41, 5.74) is 4.99. The Hall–Kier alpha value is -5.06. The lowest BCUT2D eigenvalue weighted by atomic mass is 9.88. The van der Waals surface area contributed by atoms with E-state index in [1.54, 1.807) is 0 Å². The van der Waals surface area contributed by atoms with Crippen LogP contribution in [0.25, 0.3) is 21.7 Å². The zero-order valence-electron chi connectivity index (χ0n) is 22.3. The molecule has 0 amide bonds. The lowest BCUT2D eigenvalue weighted by Gasteiger charge is -2.35. The van der Waals surface area contributed by atoms with Gasteiger partial charge in [-0.1, -0.05) is 72.8 Å². The smallest absolute Gasteiger partial charge is 0.265 e. The Balaban J connectivity index is 1.33. The van der Waals surface area contributed by atoms with Crippen LogP contribution < -0.4 is 4.90 Å². The molecular formula is C36H29N3O. The molecule has 1 spiro atoms. The molecule has 4 nitrogen and oxygen atoms in total. The maximum atomic E-state index is 9.48. The number of hydrogen-bond acceptors (Lipinski definition) is 3.